The number of halogens is 1. The summed E-state index contributed by atoms with van der Waals surface area (Å²) in [6, 6.07) is 7.07. The molecule has 0 spiro atoms. The molecule has 0 unspecified atom stereocenters. The van der Waals surface area contributed by atoms with Gasteiger partial charge in [-0.15, -0.1) is 0 Å². The molecule has 2 fully saturated rings. The fourth-order valence-corrected chi connectivity index (χ4v) is 2.72. The number of nitrogens with one attached hydrogen (secondary N) is 1. The Bertz CT molecular complexity index is 425. The molecule has 2 nitrogen and oxygen atoms in total. The lowest BCUT2D eigenvalue weighted by Crippen LogP contribution is -2.29. The number of nitrogens with zero attached hydrogens (tertiary/aromatic N) is 1. The Hall–Kier alpha value is -0.730. The van der Waals surface area contributed by atoms with Crippen molar-refractivity contribution < 1.29 is 0 Å². The Balaban J connectivity index is 1.87. The maximum absolute atomic E-state index is 6.19. The monoisotopic (exact) mass is 264 g/mol. The first-order valence-corrected chi connectivity index (χ1v) is 7.35. The standard InChI is InChI=1S/C15H21ClN2/c1-17-9-12-4-5-13(16)8-15(12)18(14-6-7-14)10-11-2-3-11/h4-5,8,11,14,17H,2-3,6-7,9-10H2,1H3. The molecule has 1 aromatic rings. The summed E-state index contributed by atoms with van der Waals surface area (Å²) < 4.78 is 0. The molecule has 2 aliphatic carbocycles. The summed E-state index contributed by atoms with van der Waals surface area (Å²) in [5.41, 5.74) is 2.72. The minimum atomic E-state index is 0.764. The highest BCUT2D eigenvalue weighted by atomic mass is 35.5. The van der Waals surface area contributed by atoms with Gasteiger partial charge in [0.25, 0.3) is 0 Å². The lowest BCUT2D eigenvalue weighted by Gasteiger charge is -2.27. The smallest absolute Gasteiger partial charge is 0.0429 e. The minimum Gasteiger partial charge on any atom is -0.368 e. The summed E-state index contributed by atoms with van der Waals surface area (Å²) >= 11 is 6.19. The number of hydrogen-bond donors (Lipinski definition) is 1. The Labute approximate surface area is 114 Å². The summed E-state index contributed by atoms with van der Waals surface area (Å²) in [4.78, 5) is 2.61. The van der Waals surface area contributed by atoms with Crippen LogP contribution in [0.1, 0.15) is 31.2 Å². The Kier molecular flexibility index (Phi) is 3.49. The van der Waals surface area contributed by atoms with Crippen molar-refractivity contribution in [2.24, 2.45) is 5.92 Å². The molecule has 3 heteroatoms. The maximum Gasteiger partial charge on any atom is 0.0429 e. The molecular weight excluding hydrogens is 244 g/mol. The molecular formula is C15H21ClN2. The molecule has 0 radical (unpaired) electrons. The maximum atomic E-state index is 6.19. The van der Waals surface area contributed by atoms with Crippen molar-refractivity contribution in [3.63, 3.8) is 0 Å². The SMILES string of the molecule is CNCc1ccc(Cl)cc1N(CC1CC1)C1CC1. The average Bonchev–Trinajstić information content (AvgIpc) is 3.22. The molecule has 0 aliphatic heterocycles. The van der Waals surface area contributed by atoms with E-state index in [1.807, 2.05) is 13.1 Å². The molecule has 98 valence electrons. The van der Waals surface area contributed by atoms with Crippen LogP contribution < -0.4 is 10.2 Å². The van der Waals surface area contributed by atoms with E-state index in [1.54, 1.807) is 0 Å². The van der Waals surface area contributed by atoms with E-state index in [-0.39, 0.29) is 0 Å². The van der Waals surface area contributed by atoms with Gasteiger partial charge in [-0.1, -0.05) is 17.7 Å². The third-order valence-corrected chi connectivity index (χ3v) is 4.10. The number of anilines is 1. The van der Waals surface area contributed by atoms with E-state index in [2.05, 4.69) is 22.3 Å². The predicted molar refractivity (Wildman–Crippen MR) is 77.3 cm³/mol. The van der Waals surface area contributed by atoms with Crippen molar-refractivity contribution in [1.29, 1.82) is 0 Å². The Morgan fingerprint density at radius 1 is 1.28 bits per heavy atom. The van der Waals surface area contributed by atoms with Crippen LogP contribution in [0.4, 0.5) is 5.69 Å². The summed E-state index contributed by atoms with van der Waals surface area (Å²) in [7, 11) is 2.00. The molecule has 1 aromatic carbocycles. The molecule has 0 aromatic heterocycles. The largest absolute Gasteiger partial charge is 0.368 e. The van der Waals surface area contributed by atoms with Crippen molar-refractivity contribution in [2.75, 3.05) is 18.5 Å². The first kappa shape index (κ1) is 12.3. The Morgan fingerprint density at radius 2 is 2.06 bits per heavy atom. The van der Waals surface area contributed by atoms with Gasteiger partial charge in [0, 0.05) is 29.8 Å². The van der Waals surface area contributed by atoms with Crippen LogP contribution in [0.3, 0.4) is 0 Å². The molecule has 0 heterocycles. The molecule has 18 heavy (non-hydrogen) atoms. The lowest BCUT2D eigenvalue weighted by molar-refractivity contribution is 0.709. The van der Waals surface area contributed by atoms with Gasteiger partial charge in [0.05, 0.1) is 0 Å². The van der Waals surface area contributed by atoms with Crippen molar-refractivity contribution in [3.05, 3.63) is 28.8 Å². The van der Waals surface area contributed by atoms with E-state index in [1.165, 1.54) is 43.5 Å². The number of hydrogen-bond acceptors (Lipinski definition) is 2. The van der Waals surface area contributed by atoms with Crippen LogP contribution in [0.5, 0.6) is 0 Å². The van der Waals surface area contributed by atoms with Crippen molar-refractivity contribution in [2.45, 2.75) is 38.3 Å². The summed E-state index contributed by atoms with van der Waals surface area (Å²) in [5, 5.41) is 4.11. The predicted octanol–water partition coefficient (Wildman–Crippen LogP) is 3.44. The van der Waals surface area contributed by atoms with Gasteiger partial charge in [-0.3, -0.25) is 0 Å². The lowest BCUT2D eigenvalue weighted by atomic mass is 10.1. The second-order valence-electron chi connectivity index (χ2n) is 5.63. The fourth-order valence-electron chi connectivity index (χ4n) is 2.55. The van der Waals surface area contributed by atoms with Gasteiger partial charge >= 0.3 is 0 Å². The van der Waals surface area contributed by atoms with Crippen molar-refractivity contribution in [3.8, 4) is 0 Å². The van der Waals surface area contributed by atoms with E-state index in [0.29, 0.717) is 0 Å². The summed E-state index contributed by atoms with van der Waals surface area (Å²) in [6.07, 6.45) is 5.51. The molecule has 0 amide bonds. The molecule has 2 saturated carbocycles. The second-order valence-corrected chi connectivity index (χ2v) is 6.07. The molecule has 0 atom stereocenters. The van der Waals surface area contributed by atoms with E-state index < -0.39 is 0 Å². The van der Waals surface area contributed by atoms with E-state index in [0.717, 1.165) is 23.5 Å². The van der Waals surface area contributed by atoms with Gasteiger partial charge in [0.2, 0.25) is 0 Å². The van der Waals surface area contributed by atoms with Gasteiger partial charge in [0.15, 0.2) is 0 Å². The van der Waals surface area contributed by atoms with Gasteiger partial charge in [-0.2, -0.15) is 0 Å². The third-order valence-electron chi connectivity index (χ3n) is 3.86. The Morgan fingerprint density at radius 3 is 2.67 bits per heavy atom. The van der Waals surface area contributed by atoms with Gasteiger partial charge in [0.1, 0.15) is 0 Å². The summed E-state index contributed by atoms with van der Waals surface area (Å²) in [5.74, 6) is 0.923. The fraction of sp³-hybridized carbons (Fsp3) is 0.600. The van der Waals surface area contributed by atoms with Crippen molar-refractivity contribution >= 4 is 17.3 Å². The molecule has 0 saturated heterocycles. The third kappa shape index (κ3) is 2.81. The number of rotatable bonds is 6. The van der Waals surface area contributed by atoms with Gasteiger partial charge in [-0.25, -0.2) is 0 Å². The quantitative estimate of drug-likeness (QED) is 0.847. The number of benzene rings is 1. The van der Waals surface area contributed by atoms with Crippen molar-refractivity contribution in [1.82, 2.24) is 5.32 Å². The van der Waals surface area contributed by atoms with Crippen LogP contribution in [0.15, 0.2) is 18.2 Å². The first-order valence-electron chi connectivity index (χ1n) is 6.97. The van der Waals surface area contributed by atoms with E-state index >= 15 is 0 Å². The zero-order valence-electron chi connectivity index (χ0n) is 11.0. The zero-order chi connectivity index (χ0) is 12.5. The second kappa shape index (κ2) is 5.10. The molecule has 2 aliphatic rings. The van der Waals surface area contributed by atoms with E-state index in [9.17, 15) is 0 Å². The minimum absolute atomic E-state index is 0.764. The van der Waals surface area contributed by atoms with Gasteiger partial charge in [-0.05, 0) is 56.3 Å². The average molecular weight is 265 g/mol. The van der Waals surface area contributed by atoms with E-state index in [4.69, 9.17) is 11.6 Å². The van der Waals surface area contributed by atoms with Crippen LogP contribution in [0, 0.1) is 5.92 Å². The highest BCUT2D eigenvalue weighted by Crippen LogP contribution is 2.39. The normalized spacial score (nSPS) is 19.0. The highest BCUT2D eigenvalue weighted by molar-refractivity contribution is 6.30. The topological polar surface area (TPSA) is 15.3 Å². The molecule has 3 rings (SSSR count). The van der Waals surface area contributed by atoms with Crippen LogP contribution in [0.2, 0.25) is 5.02 Å². The first-order chi connectivity index (χ1) is 8.78. The van der Waals surface area contributed by atoms with Crippen LogP contribution in [0.25, 0.3) is 0 Å². The molecule has 0 bridgehead atoms. The van der Waals surface area contributed by atoms with Crippen LogP contribution in [-0.2, 0) is 6.54 Å². The highest BCUT2D eigenvalue weighted by Gasteiger charge is 2.34. The van der Waals surface area contributed by atoms with Crippen LogP contribution >= 0.6 is 11.6 Å². The van der Waals surface area contributed by atoms with Crippen LogP contribution in [-0.4, -0.2) is 19.6 Å². The summed E-state index contributed by atoms with van der Waals surface area (Å²) in [6.45, 7) is 2.14. The zero-order valence-corrected chi connectivity index (χ0v) is 11.7. The van der Waals surface area contributed by atoms with Gasteiger partial charge < -0.3 is 10.2 Å². The molecule has 1 N–H and O–H groups in total.